The summed E-state index contributed by atoms with van der Waals surface area (Å²) in [5.74, 6) is 0.618. The summed E-state index contributed by atoms with van der Waals surface area (Å²) in [6.45, 7) is 5.50. The third kappa shape index (κ3) is 3.72. The highest BCUT2D eigenvalue weighted by molar-refractivity contribution is 7.02. The zero-order valence-electron chi connectivity index (χ0n) is 8.19. The van der Waals surface area contributed by atoms with Gasteiger partial charge >= 0.3 is 8.35 Å². The van der Waals surface area contributed by atoms with Gasteiger partial charge in [0.25, 0.3) is 0 Å². The molecular formula is C10H10Cl3OSi. The molecule has 1 aromatic carbocycles. The molecule has 0 N–H and O–H groups in total. The Bertz CT molecular complexity index is 366. The van der Waals surface area contributed by atoms with E-state index in [4.69, 9.17) is 38.7 Å². The first-order chi connectivity index (χ1) is 7.04. The van der Waals surface area contributed by atoms with Crippen LogP contribution in [0.3, 0.4) is 0 Å². The van der Waals surface area contributed by atoms with Gasteiger partial charge in [0, 0.05) is 5.02 Å². The van der Waals surface area contributed by atoms with Crippen molar-refractivity contribution in [2.75, 3.05) is 0 Å². The Kier molecular flexibility index (Phi) is 5.00. The first-order valence-electron chi connectivity index (χ1n) is 4.30. The van der Waals surface area contributed by atoms with Crippen LogP contribution in [-0.2, 0) is 6.42 Å². The third-order valence-electron chi connectivity index (χ3n) is 1.69. The Morgan fingerprint density at radius 1 is 1.47 bits per heavy atom. The van der Waals surface area contributed by atoms with Gasteiger partial charge in [-0.2, -0.15) is 0 Å². The lowest BCUT2D eigenvalue weighted by Crippen LogP contribution is -2.10. The van der Waals surface area contributed by atoms with E-state index in [1.54, 1.807) is 12.1 Å². The van der Waals surface area contributed by atoms with E-state index in [1.165, 1.54) is 0 Å². The van der Waals surface area contributed by atoms with E-state index in [9.17, 15) is 0 Å². The SMILES string of the molecule is C=CCc1cc(Cl)cc(Cl)c1O[Si](C)Cl. The summed E-state index contributed by atoms with van der Waals surface area (Å²) in [6, 6.07) is 3.46. The zero-order chi connectivity index (χ0) is 11.4. The molecule has 0 spiro atoms. The molecule has 0 aliphatic rings. The van der Waals surface area contributed by atoms with Crippen LogP contribution in [0, 0.1) is 0 Å². The fraction of sp³-hybridized carbons (Fsp3) is 0.200. The molecular weight excluding hydrogens is 271 g/mol. The summed E-state index contributed by atoms with van der Waals surface area (Å²) in [5.41, 5.74) is 0.910. The minimum atomic E-state index is -1.35. The number of benzene rings is 1. The maximum absolute atomic E-state index is 6.03. The van der Waals surface area contributed by atoms with E-state index in [0.717, 1.165) is 5.56 Å². The van der Waals surface area contributed by atoms with Crippen LogP contribution in [0.25, 0.3) is 0 Å². The molecule has 0 unspecified atom stereocenters. The van der Waals surface area contributed by atoms with Crippen molar-refractivity contribution < 1.29 is 4.43 Å². The normalized spacial score (nSPS) is 10.5. The average molecular weight is 281 g/mol. The number of hydrogen-bond donors (Lipinski definition) is 0. The molecule has 1 nitrogen and oxygen atoms in total. The lowest BCUT2D eigenvalue weighted by atomic mass is 10.1. The van der Waals surface area contributed by atoms with Crippen molar-refractivity contribution in [2.45, 2.75) is 13.0 Å². The molecule has 0 heterocycles. The zero-order valence-corrected chi connectivity index (χ0v) is 11.5. The number of rotatable bonds is 4. The summed E-state index contributed by atoms with van der Waals surface area (Å²) < 4.78 is 5.51. The molecule has 1 aromatic rings. The molecule has 0 saturated carbocycles. The van der Waals surface area contributed by atoms with Crippen LogP contribution in [0.2, 0.25) is 16.6 Å². The summed E-state index contributed by atoms with van der Waals surface area (Å²) in [7, 11) is -1.35. The van der Waals surface area contributed by atoms with Gasteiger partial charge in [-0.25, -0.2) is 0 Å². The predicted molar refractivity (Wildman–Crippen MR) is 68.5 cm³/mol. The van der Waals surface area contributed by atoms with Crippen molar-refractivity contribution in [3.63, 3.8) is 0 Å². The van der Waals surface area contributed by atoms with E-state index in [2.05, 4.69) is 6.58 Å². The maximum atomic E-state index is 6.03. The average Bonchev–Trinajstić information content (AvgIpc) is 2.11. The molecule has 0 amide bonds. The number of halogens is 3. The second kappa shape index (κ2) is 5.80. The summed E-state index contributed by atoms with van der Waals surface area (Å²) in [6.07, 6.45) is 2.42. The monoisotopic (exact) mass is 279 g/mol. The minimum absolute atomic E-state index is 0.490. The van der Waals surface area contributed by atoms with Gasteiger partial charge in [-0.05, 0) is 30.7 Å². The van der Waals surface area contributed by atoms with Gasteiger partial charge in [0.15, 0.2) is 0 Å². The largest absolute Gasteiger partial charge is 0.527 e. The molecule has 0 aliphatic heterocycles. The highest BCUT2D eigenvalue weighted by atomic mass is 35.6. The van der Waals surface area contributed by atoms with Crippen molar-refractivity contribution in [1.82, 2.24) is 0 Å². The first-order valence-corrected chi connectivity index (χ1v) is 7.98. The van der Waals surface area contributed by atoms with Gasteiger partial charge < -0.3 is 4.43 Å². The Labute approximate surface area is 106 Å². The van der Waals surface area contributed by atoms with Crippen LogP contribution in [0.5, 0.6) is 5.75 Å². The van der Waals surface area contributed by atoms with Crippen LogP contribution >= 0.6 is 34.3 Å². The van der Waals surface area contributed by atoms with Crippen LogP contribution in [0.4, 0.5) is 0 Å². The molecule has 1 rings (SSSR count). The molecule has 5 heteroatoms. The molecule has 0 fully saturated rings. The maximum Gasteiger partial charge on any atom is 0.389 e. The van der Waals surface area contributed by atoms with Crippen molar-refractivity contribution in [1.29, 1.82) is 0 Å². The molecule has 15 heavy (non-hydrogen) atoms. The molecule has 0 aliphatic carbocycles. The van der Waals surface area contributed by atoms with Gasteiger partial charge in [-0.15, -0.1) is 17.7 Å². The van der Waals surface area contributed by atoms with E-state index < -0.39 is 8.35 Å². The standard InChI is InChI=1S/C10H10Cl3OSi/c1-3-4-7-5-8(11)6-9(12)10(7)14-15(2)13/h3,5-6H,1,4H2,2H3. The molecule has 0 saturated heterocycles. The van der Waals surface area contributed by atoms with Gasteiger partial charge in [-0.1, -0.05) is 29.3 Å². The topological polar surface area (TPSA) is 9.23 Å². The van der Waals surface area contributed by atoms with Gasteiger partial charge in [0.1, 0.15) is 5.75 Å². The summed E-state index contributed by atoms with van der Waals surface area (Å²) in [4.78, 5) is 0. The van der Waals surface area contributed by atoms with Crippen LogP contribution < -0.4 is 4.43 Å². The lowest BCUT2D eigenvalue weighted by Gasteiger charge is -2.13. The van der Waals surface area contributed by atoms with E-state index >= 15 is 0 Å². The molecule has 81 valence electrons. The Morgan fingerprint density at radius 2 is 2.13 bits per heavy atom. The molecule has 1 radical (unpaired) electrons. The van der Waals surface area contributed by atoms with E-state index in [-0.39, 0.29) is 0 Å². The quantitative estimate of drug-likeness (QED) is 0.449. The second-order valence-electron chi connectivity index (χ2n) is 2.94. The molecule has 0 bridgehead atoms. The van der Waals surface area contributed by atoms with Crippen LogP contribution in [-0.4, -0.2) is 8.35 Å². The minimum Gasteiger partial charge on any atom is -0.527 e. The van der Waals surface area contributed by atoms with E-state index in [0.29, 0.717) is 22.2 Å². The Hall–Kier alpha value is -0.153. The Balaban J connectivity index is 3.13. The van der Waals surface area contributed by atoms with E-state index in [1.807, 2.05) is 12.6 Å². The first kappa shape index (κ1) is 12.9. The number of allylic oxidation sites excluding steroid dienone is 1. The molecule has 0 atom stereocenters. The van der Waals surface area contributed by atoms with Crippen molar-refractivity contribution in [3.8, 4) is 5.75 Å². The van der Waals surface area contributed by atoms with Crippen molar-refractivity contribution in [2.24, 2.45) is 0 Å². The van der Waals surface area contributed by atoms with Crippen LogP contribution in [0.15, 0.2) is 24.8 Å². The molecule has 0 aromatic heterocycles. The predicted octanol–water partition coefficient (Wildman–Crippen LogP) is 4.46. The second-order valence-corrected chi connectivity index (χ2v) is 6.53. The Morgan fingerprint density at radius 3 is 2.67 bits per heavy atom. The van der Waals surface area contributed by atoms with Crippen LogP contribution in [0.1, 0.15) is 5.56 Å². The van der Waals surface area contributed by atoms with Gasteiger partial charge in [-0.3, -0.25) is 0 Å². The fourth-order valence-electron chi connectivity index (χ4n) is 1.18. The lowest BCUT2D eigenvalue weighted by molar-refractivity contribution is 0.585. The third-order valence-corrected chi connectivity index (χ3v) is 2.91. The summed E-state index contributed by atoms with van der Waals surface area (Å²) in [5, 5.41) is 1.08. The fourth-order valence-corrected chi connectivity index (χ4v) is 2.57. The summed E-state index contributed by atoms with van der Waals surface area (Å²) >= 11 is 17.8. The highest BCUT2D eigenvalue weighted by Crippen LogP contribution is 2.33. The van der Waals surface area contributed by atoms with Crippen molar-refractivity contribution in [3.05, 3.63) is 40.4 Å². The van der Waals surface area contributed by atoms with Gasteiger partial charge in [0.05, 0.1) is 5.02 Å². The smallest absolute Gasteiger partial charge is 0.389 e. The highest BCUT2D eigenvalue weighted by Gasteiger charge is 2.13. The van der Waals surface area contributed by atoms with Crippen molar-refractivity contribution >= 4 is 42.6 Å². The number of hydrogen-bond acceptors (Lipinski definition) is 1. The van der Waals surface area contributed by atoms with Gasteiger partial charge in [0.2, 0.25) is 0 Å².